The molecule has 1 fully saturated rings. The largest absolute Gasteiger partial charge is 0.338 e. The highest BCUT2D eigenvalue weighted by molar-refractivity contribution is 5.85. The lowest BCUT2D eigenvalue weighted by molar-refractivity contribution is 0.178. The molecule has 1 aliphatic rings. The smallest absolute Gasteiger partial charge is 0.240 e. The monoisotopic (exact) mass is 260 g/mol. The summed E-state index contributed by atoms with van der Waals surface area (Å²) >= 11 is 0. The summed E-state index contributed by atoms with van der Waals surface area (Å²) in [6.07, 6.45) is 2.28. The molecule has 2 rings (SSSR count). The van der Waals surface area contributed by atoms with E-state index in [-0.39, 0.29) is 12.4 Å². The molecule has 5 nitrogen and oxygen atoms in total. The zero-order chi connectivity index (χ0) is 11.5. The van der Waals surface area contributed by atoms with Crippen molar-refractivity contribution in [1.29, 1.82) is 0 Å². The van der Waals surface area contributed by atoms with Crippen LogP contribution in [0.4, 0.5) is 0 Å². The summed E-state index contributed by atoms with van der Waals surface area (Å²) in [5, 5.41) is 3.96. The predicted molar refractivity (Wildman–Crippen MR) is 68.1 cm³/mol. The Morgan fingerprint density at radius 1 is 1.53 bits per heavy atom. The Hall–Kier alpha value is -0.650. The van der Waals surface area contributed by atoms with Crippen molar-refractivity contribution in [2.75, 3.05) is 13.1 Å². The molecule has 0 aromatic carbocycles. The van der Waals surface area contributed by atoms with Gasteiger partial charge in [-0.3, -0.25) is 4.90 Å². The van der Waals surface area contributed by atoms with Gasteiger partial charge in [0, 0.05) is 18.5 Å². The molecule has 0 aliphatic carbocycles. The maximum absolute atomic E-state index is 5.92. The molecule has 1 aliphatic heterocycles. The molecule has 17 heavy (non-hydrogen) atoms. The number of hydrogen-bond donors (Lipinski definition) is 1. The van der Waals surface area contributed by atoms with Crippen LogP contribution in [0.2, 0.25) is 0 Å². The van der Waals surface area contributed by atoms with Crippen molar-refractivity contribution in [3.05, 3.63) is 11.7 Å². The number of piperidine rings is 1. The van der Waals surface area contributed by atoms with Crippen molar-refractivity contribution in [3.63, 3.8) is 0 Å². The fourth-order valence-corrected chi connectivity index (χ4v) is 1.99. The van der Waals surface area contributed by atoms with E-state index < -0.39 is 0 Å². The zero-order valence-corrected chi connectivity index (χ0v) is 11.2. The van der Waals surface area contributed by atoms with E-state index in [1.54, 1.807) is 0 Å². The SMILES string of the molecule is CC(C)c1noc(CN2CCCC(N)C2)n1.Cl. The number of likely N-dealkylation sites (tertiary alicyclic amines) is 1. The molecule has 0 bridgehead atoms. The Balaban J connectivity index is 0.00000144. The maximum Gasteiger partial charge on any atom is 0.240 e. The van der Waals surface area contributed by atoms with Crippen LogP contribution >= 0.6 is 12.4 Å². The van der Waals surface area contributed by atoms with E-state index in [9.17, 15) is 0 Å². The number of halogens is 1. The first-order valence-corrected chi connectivity index (χ1v) is 5.95. The van der Waals surface area contributed by atoms with E-state index in [0.717, 1.165) is 38.3 Å². The van der Waals surface area contributed by atoms with E-state index in [2.05, 4.69) is 28.9 Å². The quantitative estimate of drug-likeness (QED) is 0.893. The minimum absolute atomic E-state index is 0. The standard InChI is InChI=1S/C11H20N4O.ClH/c1-8(2)11-13-10(16-14-11)7-15-5-3-4-9(12)6-15;/h8-9H,3-7,12H2,1-2H3;1H. The Kier molecular flexibility index (Phi) is 5.36. The zero-order valence-electron chi connectivity index (χ0n) is 10.4. The molecule has 1 saturated heterocycles. The number of nitrogens with zero attached hydrogens (tertiary/aromatic N) is 3. The van der Waals surface area contributed by atoms with Gasteiger partial charge in [0.25, 0.3) is 0 Å². The van der Waals surface area contributed by atoms with Crippen LogP contribution in [0.1, 0.15) is 44.3 Å². The van der Waals surface area contributed by atoms with Gasteiger partial charge < -0.3 is 10.3 Å². The van der Waals surface area contributed by atoms with E-state index in [0.29, 0.717) is 17.9 Å². The van der Waals surface area contributed by atoms with Crippen LogP contribution in [0.5, 0.6) is 0 Å². The van der Waals surface area contributed by atoms with Crippen molar-refractivity contribution < 1.29 is 4.52 Å². The second kappa shape index (κ2) is 6.33. The topological polar surface area (TPSA) is 68.2 Å². The number of rotatable bonds is 3. The van der Waals surface area contributed by atoms with Crippen molar-refractivity contribution in [3.8, 4) is 0 Å². The second-order valence-corrected chi connectivity index (χ2v) is 4.84. The molecule has 0 amide bonds. The molecule has 1 atom stereocenters. The van der Waals surface area contributed by atoms with Gasteiger partial charge in [0.1, 0.15) is 0 Å². The molecule has 0 spiro atoms. The molecule has 1 aromatic rings. The van der Waals surface area contributed by atoms with Gasteiger partial charge in [-0.05, 0) is 19.4 Å². The van der Waals surface area contributed by atoms with Crippen LogP contribution in [0.25, 0.3) is 0 Å². The Morgan fingerprint density at radius 2 is 2.29 bits per heavy atom. The average Bonchev–Trinajstić information content (AvgIpc) is 2.66. The van der Waals surface area contributed by atoms with E-state index in [4.69, 9.17) is 10.3 Å². The Bertz CT molecular complexity index is 342. The van der Waals surface area contributed by atoms with Gasteiger partial charge in [-0.15, -0.1) is 12.4 Å². The first-order chi connectivity index (χ1) is 7.65. The summed E-state index contributed by atoms with van der Waals surface area (Å²) in [5.74, 6) is 1.82. The molecule has 2 heterocycles. The molecular formula is C11H21ClN4O. The minimum Gasteiger partial charge on any atom is -0.338 e. The summed E-state index contributed by atoms with van der Waals surface area (Å²) in [6.45, 7) is 6.86. The highest BCUT2D eigenvalue weighted by Gasteiger charge is 2.19. The molecule has 1 unspecified atom stereocenters. The first kappa shape index (κ1) is 14.4. The van der Waals surface area contributed by atoms with Crippen molar-refractivity contribution >= 4 is 12.4 Å². The molecule has 2 N–H and O–H groups in total. The third-order valence-electron chi connectivity index (χ3n) is 2.90. The van der Waals surface area contributed by atoms with Gasteiger partial charge >= 0.3 is 0 Å². The predicted octanol–water partition coefficient (Wildman–Crippen LogP) is 1.54. The number of hydrogen-bond acceptors (Lipinski definition) is 5. The lowest BCUT2D eigenvalue weighted by atomic mass is 10.1. The number of nitrogens with two attached hydrogens (primary N) is 1. The van der Waals surface area contributed by atoms with Crippen LogP contribution in [-0.2, 0) is 6.54 Å². The van der Waals surface area contributed by atoms with Crippen LogP contribution in [-0.4, -0.2) is 34.2 Å². The molecular weight excluding hydrogens is 240 g/mol. The fraction of sp³-hybridized carbons (Fsp3) is 0.818. The first-order valence-electron chi connectivity index (χ1n) is 5.95. The molecule has 98 valence electrons. The molecule has 1 aromatic heterocycles. The third-order valence-corrected chi connectivity index (χ3v) is 2.90. The van der Waals surface area contributed by atoms with Gasteiger partial charge in [-0.2, -0.15) is 4.98 Å². The normalized spacial score (nSPS) is 21.5. The van der Waals surface area contributed by atoms with Gasteiger partial charge in [0.15, 0.2) is 5.82 Å². The van der Waals surface area contributed by atoms with Gasteiger partial charge in [-0.1, -0.05) is 19.0 Å². The average molecular weight is 261 g/mol. The van der Waals surface area contributed by atoms with Crippen LogP contribution in [0, 0.1) is 0 Å². The highest BCUT2D eigenvalue weighted by Crippen LogP contribution is 2.14. The minimum atomic E-state index is 0. The van der Waals surface area contributed by atoms with E-state index in [1.165, 1.54) is 0 Å². The summed E-state index contributed by atoms with van der Waals surface area (Å²) in [4.78, 5) is 6.65. The second-order valence-electron chi connectivity index (χ2n) is 4.84. The van der Waals surface area contributed by atoms with E-state index in [1.807, 2.05) is 0 Å². The molecule has 0 saturated carbocycles. The Labute approximate surface area is 108 Å². The lowest BCUT2D eigenvalue weighted by Crippen LogP contribution is -2.42. The van der Waals surface area contributed by atoms with Crippen molar-refractivity contribution in [2.45, 2.75) is 45.2 Å². The van der Waals surface area contributed by atoms with Crippen molar-refractivity contribution in [2.24, 2.45) is 5.73 Å². The van der Waals surface area contributed by atoms with Crippen molar-refractivity contribution in [1.82, 2.24) is 15.0 Å². The molecule has 6 heteroatoms. The van der Waals surface area contributed by atoms with E-state index >= 15 is 0 Å². The molecule has 0 radical (unpaired) electrons. The van der Waals surface area contributed by atoms with Crippen LogP contribution < -0.4 is 5.73 Å². The van der Waals surface area contributed by atoms with Crippen LogP contribution in [0.3, 0.4) is 0 Å². The highest BCUT2D eigenvalue weighted by atomic mass is 35.5. The summed E-state index contributed by atoms with van der Waals surface area (Å²) < 4.78 is 5.22. The number of aromatic nitrogens is 2. The summed E-state index contributed by atoms with van der Waals surface area (Å²) in [6, 6.07) is 0.293. The Morgan fingerprint density at radius 3 is 2.88 bits per heavy atom. The van der Waals surface area contributed by atoms with Gasteiger partial charge in [0.2, 0.25) is 5.89 Å². The maximum atomic E-state index is 5.92. The third kappa shape index (κ3) is 3.94. The van der Waals surface area contributed by atoms with Gasteiger partial charge in [-0.25, -0.2) is 0 Å². The summed E-state index contributed by atoms with van der Waals surface area (Å²) in [7, 11) is 0. The summed E-state index contributed by atoms with van der Waals surface area (Å²) in [5.41, 5.74) is 5.92. The van der Waals surface area contributed by atoms with Gasteiger partial charge in [0.05, 0.1) is 6.54 Å². The fourth-order valence-electron chi connectivity index (χ4n) is 1.99. The lowest BCUT2D eigenvalue weighted by Gasteiger charge is -2.29. The van der Waals surface area contributed by atoms with Crippen LogP contribution in [0.15, 0.2) is 4.52 Å².